The summed E-state index contributed by atoms with van der Waals surface area (Å²) in [5.41, 5.74) is 0. The Kier molecular flexibility index (Phi) is 3.66. The minimum Gasteiger partial charge on any atom is -0.487 e. The Morgan fingerprint density at radius 3 is 2.45 bits per heavy atom. The van der Waals surface area contributed by atoms with Crippen molar-refractivity contribution >= 4 is 16.7 Å². The van der Waals surface area contributed by atoms with Crippen molar-refractivity contribution in [3.63, 3.8) is 0 Å². The van der Waals surface area contributed by atoms with Gasteiger partial charge in [-0.3, -0.25) is 0 Å². The van der Waals surface area contributed by atoms with Gasteiger partial charge >= 0.3 is 12.1 Å². The van der Waals surface area contributed by atoms with Gasteiger partial charge in [0.2, 0.25) is 0 Å². The van der Waals surface area contributed by atoms with Gasteiger partial charge in [-0.25, -0.2) is 4.79 Å². The highest BCUT2D eigenvalue weighted by molar-refractivity contribution is 5.83. The van der Waals surface area contributed by atoms with E-state index in [1.54, 1.807) is 6.07 Å². The van der Waals surface area contributed by atoms with Crippen LogP contribution in [0.5, 0.6) is 5.75 Å². The minimum atomic E-state index is -4.98. The number of hydroxylamine groups is 2. The number of carbonyl (C=O) groups excluding carboxylic acids is 1. The van der Waals surface area contributed by atoms with Gasteiger partial charge in [0.15, 0.2) is 0 Å². The van der Waals surface area contributed by atoms with Gasteiger partial charge in [-0.05, 0) is 22.9 Å². The van der Waals surface area contributed by atoms with Crippen LogP contribution >= 0.6 is 0 Å². The molecule has 0 unspecified atom stereocenters. The molecule has 116 valence electrons. The van der Waals surface area contributed by atoms with Gasteiger partial charge in [0, 0.05) is 0 Å². The molecule has 2 aromatic rings. The summed E-state index contributed by atoms with van der Waals surface area (Å²) in [5.74, 6) is -1.58. The lowest BCUT2D eigenvalue weighted by atomic mass is 10.1. The molecule has 0 N–H and O–H groups in total. The third kappa shape index (κ3) is 3.14. The summed E-state index contributed by atoms with van der Waals surface area (Å²) in [7, 11) is 0. The fraction of sp³-hybridized carbons (Fsp3) is 0.267. The van der Waals surface area contributed by atoms with E-state index in [0.29, 0.717) is 5.75 Å². The first-order chi connectivity index (χ1) is 10.4. The number of benzene rings is 2. The number of ether oxygens (including phenoxy) is 1. The van der Waals surface area contributed by atoms with E-state index in [4.69, 9.17) is 4.74 Å². The van der Waals surface area contributed by atoms with Crippen LogP contribution in [0.1, 0.15) is 0 Å². The van der Waals surface area contributed by atoms with Crippen LogP contribution in [0.25, 0.3) is 10.8 Å². The van der Waals surface area contributed by atoms with E-state index < -0.39 is 12.1 Å². The lowest BCUT2D eigenvalue weighted by Gasteiger charge is -2.36. The Labute approximate surface area is 124 Å². The molecule has 1 saturated heterocycles. The van der Waals surface area contributed by atoms with Crippen LogP contribution < -0.4 is 4.74 Å². The molecule has 1 aliphatic rings. The van der Waals surface area contributed by atoms with Crippen molar-refractivity contribution in [3.8, 4) is 5.75 Å². The van der Waals surface area contributed by atoms with E-state index in [2.05, 4.69) is 4.84 Å². The second kappa shape index (κ2) is 5.49. The van der Waals surface area contributed by atoms with Crippen molar-refractivity contribution in [2.45, 2.75) is 12.3 Å². The number of alkyl halides is 3. The minimum absolute atomic E-state index is 0.106. The topological polar surface area (TPSA) is 38.8 Å². The molecule has 1 fully saturated rings. The molecular formula is C15H12F3NO3. The molecule has 2 aromatic carbocycles. The van der Waals surface area contributed by atoms with Crippen LogP contribution in [-0.2, 0) is 9.63 Å². The fourth-order valence-corrected chi connectivity index (χ4v) is 2.15. The molecule has 22 heavy (non-hydrogen) atoms. The molecule has 0 spiro atoms. The fourth-order valence-electron chi connectivity index (χ4n) is 2.15. The highest BCUT2D eigenvalue weighted by Crippen LogP contribution is 2.25. The molecule has 0 amide bonds. The van der Waals surface area contributed by atoms with Crippen molar-refractivity contribution < 1.29 is 27.5 Å². The summed E-state index contributed by atoms with van der Waals surface area (Å²) in [6.45, 7) is 0.212. The number of hydrogen-bond donors (Lipinski definition) is 0. The SMILES string of the molecule is O=C(ON1CC(Oc2ccc3ccccc3c2)C1)C(F)(F)F. The first-order valence-electron chi connectivity index (χ1n) is 6.61. The summed E-state index contributed by atoms with van der Waals surface area (Å²) in [6, 6.07) is 13.3. The zero-order chi connectivity index (χ0) is 15.7. The Morgan fingerprint density at radius 2 is 1.77 bits per heavy atom. The van der Waals surface area contributed by atoms with Gasteiger partial charge in [0.1, 0.15) is 11.9 Å². The predicted molar refractivity (Wildman–Crippen MR) is 72.1 cm³/mol. The smallest absolute Gasteiger partial charge is 0.487 e. The van der Waals surface area contributed by atoms with Crippen molar-refractivity contribution in [1.82, 2.24) is 5.06 Å². The van der Waals surface area contributed by atoms with Gasteiger partial charge < -0.3 is 9.57 Å². The van der Waals surface area contributed by atoms with Gasteiger partial charge in [-0.15, -0.1) is 5.06 Å². The van der Waals surface area contributed by atoms with E-state index in [-0.39, 0.29) is 19.2 Å². The predicted octanol–water partition coefficient (Wildman–Crippen LogP) is 2.92. The molecular weight excluding hydrogens is 299 g/mol. The molecule has 0 saturated carbocycles. The van der Waals surface area contributed by atoms with Gasteiger partial charge in [0.05, 0.1) is 13.1 Å². The van der Waals surface area contributed by atoms with Crippen LogP contribution in [0.4, 0.5) is 13.2 Å². The standard InChI is InChI=1S/C15H12F3NO3/c16-15(17,18)14(20)22-19-8-13(9-19)21-12-6-5-10-3-1-2-4-11(10)7-12/h1-7,13H,8-9H2. The lowest BCUT2D eigenvalue weighted by Crippen LogP contribution is -2.55. The van der Waals surface area contributed by atoms with E-state index in [1.807, 2.05) is 36.4 Å². The number of fused-ring (bicyclic) bond motifs is 1. The quantitative estimate of drug-likeness (QED) is 0.873. The zero-order valence-electron chi connectivity index (χ0n) is 11.3. The normalized spacial score (nSPS) is 16.3. The second-order valence-corrected chi connectivity index (χ2v) is 4.97. The highest BCUT2D eigenvalue weighted by Gasteiger charge is 2.44. The first kappa shape index (κ1) is 14.6. The molecule has 0 radical (unpaired) electrons. The van der Waals surface area contributed by atoms with Crippen LogP contribution in [-0.4, -0.2) is 36.4 Å². The van der Waals surface area contributed by atoms with Crippen LogP contribution in [0.2, 0.25) is 0 Å². The molecule has 7 heteroatoms. The number of rotatable bonds is 3. The number of hydrogen-bond acceptors (Lipinski definition) is 4. The summed E-state index contributed by atoms with van der Waals surface area (Å²) in [6.07, 6.45) is -5.29. The number of carbonyl (C=O) groups is 1. The summed E-state index contributed by atoms with van der Waals surface area (Å²) in [4.78, 5) is 14.8. The Morgan fingerprint density at radius 1 is 1.09 bits per heavy atom. The number of halogens is 3. The summed E-state index contributed by atoms with van der Waals surface area (Å²) in [5, 5.41) is 3.02. The van der Waals surface area contributed by atoms with Crippen LogP contribution in [0.15, 0.2) is 42.5 Å². The Balaban J connectivity index is 1.54. The van der Waals surface area contributed by atoms with Crippen molar-refractivity contribution in [3.05, 3.63) is 42.5 Å². The largest absolute Gasteiger partial charge is 0.492 e. The summed E-state index contributed by atoms with van der Waals surface area (Å²) >= 11 is 0. The van der Waals surface area contributed by atoms with E-state index >= 15 is 0 Å². The van der Waals surface area contributed by atoms with Crippen molar-refractivity contribution in [1.29, 1.82) is 0 Å². The average molecular weight is 311 g/mol. The first-order valence-corrected chi connectivity index (χ1v) is 6.61. The van der Waals surface area contributed by atoms with Gasteiger partial charge in [0.25, 0.3) is 0 Å². The third-order valence-corrected chi connectivity index (χ3v) is 3.28. The summed E-state index contributed by atoms with van der Waals surface area (Å²) < 4.78 is 41.7. The Bertz CT molecular complexity index is 696. The van der Waals surface area contributed by atoms with Crippen molar-refractivity contribution in [2.24, 2.45) is 0 Å². The van der Waals surface area contributed by atoms with E-state index in [0.717, 1.165) is 15.8 Å². The Hall–Kier alpha value is -2.28. The lowest BCUT2D eigenvalue weighted by molar-refractivity contribution is -0.262. The average Bonchev–Trinajstić information content (AvgIpc) is 2.43. The molecule has 0 aromatic heterocycles. The zero-order valence-corrected chi connectivity index (χ0v) is 11.3. The monoisotopic (exact) mass is 311 g/mol. The highest BCUT2D eigenvalue weighted by atomic mass is 19.4. The molecule has 1 heterocycles. The van der Waals surface area contributed by atoms with E-state index in [1.165, 1.54) is 0 Å². The third-order valence-electron chi connectivity index (χ3n) is 3.28. The molecule has 4 nitrogen and oxygen atoms in total. The van der Waals surface area contributed by atoms with Crippen molar-refractivity contribution in [2.75, 3.05) is 13.1 Å². The molecule has 0 aliphatic carbocycles. The van der Waals surface area contributed by atoms with E-state index in [9.17, 15) is 18.0 Å². The number of nitrogens with zero attached hydrogens (tertiary/aromatic N) is 1. The van der Waals surface area contributed by atoms with Crippen LogP contribution in [0.3, 0.4) is 0 Å². The van der Waals surface area contributed by atoms with Crippen LogP contribution in [0, 0.1) is 0 Å². The molecule has 1 aliphatic heterocycles. The maximum Gasteiger partial charge on any atom is 0.492 e. The van der Waals surface area contributed by atoms with Gasteiger partial charge in [-0.2, -0.15) is 13.2 Å². The molecule has 0 atom stereocenters. The second-order valence-electron chi connectivity index (χ2n) is 4.97. The molecule has 3 rings (SSSR count). The maximum atomic E-state index is 12.0. The maximum absolute atomic E-state index is 12.0. The van der Waals surface area contributed by atoms with Gasteiger partial charge in [-0.1, -0.05) is 30.3 Å². The molecule has 0 bridgehead atoms.